The minimum absolute atomic E-state index is 0.867. The third-order valence-electron chi connectivity index (χ3n) is 2.86. The average molecular weight is 269 g/mol. The van der Waals surface area contributed by atoms with Gasteiger partial charge >= 0.3 is 0 Å². The molecule has 2 nitrogen and oxygen atoms in total. The van der Waals surface area contributed by atoms with Crippen LogP contribution in [0.2, 0.25) is 0 Å². The molecule has 0 fully saturated rings. The summed E-state index contributed by atoms with van der Waals surface area (Å²) in [4.78, 5) is 2.05. The number of hydrogen-bond donors (Lipinski definition) is 0. The molecule has 0 saturated heterocycles. The number of rotatable bonds is 6. The van der Waals surface area contributed by atoms with Crippen molar-refractivity contribution in [2.24, 2.45) is 0 Å². The summed E-state index contributed by atoms with van der Waals surface area (Å²) in [5, 5.41) is 0. The van der Waals surface area contributed by atoms with Crippen molar-refractivity contribution in [3.05, 3.63) is 66.3 Å². The quantitative estimate of drug-likeness (QED) is 0.707. The third-order valence-corrected chi connectivity index (χ3v) is 2.86. The number of hydrogen-bond acceptors (Lipinski definition) is 2. The van der Waals surface area contributed by atoms with Gasteiger partial charge in [-0.25, -0.2) is 0 Å². The van der Waals surface area contributed by atoms with Gasteiger partial charge in [0.1, 0.15) is 5.75 Å². The van der Waals surface area contributed by atoms with Crippen LogP contribution in [-0.4, -0.2) is 21.2 Å². The Morgan fingerprint density at radius 2 is 2.00 bits per heavy atom. The molecule has 0 spiro atoms. The van der Waals surface area contributed by atoms with Crippen LogP contribution in [0.15, 0.2) is 60.7 Å². The molecule has 2 heteroatoms. The highest BCUT2D eigenvalue weighted by Crippen LogP contribution is 2.26. The summed E-state index contributed by atoms with van der Waals surface area (Å²) < 4.78 is 5.45. The van der Waals surface area contributed by atoms with Crippen molar-refractivity contribution in [3.8, 4) is 5.75 Å². The first kappa shape index (κ1) is 15.8. The largest absolute Gasteiger partial charge is 0.496 e. The van der Waals surface area contributed by atoms with Crippen LogP contribution in [0.1, 0.15) is 12.5 Å². The molecule has 0 aliphatic heterocycles. The normalized spacial score (nSPS) is 12.1. The second-order valence-corrected chi connectivity index (χ2v) is 4.56. The van der Waals surface area contributed by atoms with Crippen molar-refractivity contribution < 1.29 is 4.74 Å². The van der Waals surface area contributed by atoms with Crippen LogP contribution in [0.25, 0.3) is 6.08 Å². The molecule has 0 heterocycles. The number of anilines is 1. The fraction of sp³-hybridized carbons (Fsp3) is 0.222. The molecule has 0 unspecified atom stereocenters. The molecule has 1 rings (SSSR count). The van der Waals surface area contributed by atoms with Crippen LogP contribution >= 0.6 is 0 Å². The molecule has 0 atom stereocenters. The van der Waals surface area contributed by atoms with Gasteiger partial charge < -0.3 is 9.64 Å². The van der Waals surface area contributed by atoms with E-state index in [-0.39, 0.29) is 0 Å². The highest BCUT2D eigenvalue weighted by atomic mass is 16.5. The first-order valence-electron chi connectivity index (χ1n) is 6.61. The number of nitrogens with zero attached hydrogens (tertiary/aromatic N) is 1. The van der Waals surface area contributed by atoms with E-state index in [9.17, 15) is 0 Å². The highest BCUT2D eigenvalue weighted by Gasteiger charge is 2.03. The maximum atomic E-state index is 5.45. The van der Waals surface area contributed by atoms with Gasteiger partial charge in [-0.3, -0.25) is 0 Å². The van der Waals surface area contributed by atoms with Crippen LogP contribution in [0, 0.1) is 0 Å². The van der Waals surface area contributed by atoms with E-state index in [1.807, 2.05) is 51.4 Å². The van der Waals surface area contributed by atoms with Gasteiger partial charge in [0.15, 0.2) is 0 Å². The summed E-state index contributed by atoms with van der Waals surface area (Å²) in [6.07, 6.45) is 11.9. The monoisotopic (exact) mass is 269 g/mol. The second-order valence-electron chi connectivity index (χ2n) is 4.56. The molecular formula is C18H23NO. The third kappa shape index (κ3) is 4.47. The summed E-state index contributed by atoms with van der Waals surface area (Å²) in [5.41, 5.74) is 3.27. The topological polar surface area (TPSA) is 12.5 Å². The van der Waals surface area contributed by atoms with Gasteiger partial charge in [-0.05, 0) is 24.6 Å². The Labute approximate surface area is 122 Å². The molecule has 20 heavy (non-hydrogen) atoms. The Morgan fingerprint density at radius 3 is 2.55 bits per heavy atom. The van der Waals surface area contributed by atoms with Gasteiger partial charge in [0.2, 0.25) is 0 Å². The zero-order valence-corrected chi connectivity index (χ0v) is 12.8. The van der Waals surface area contributed by atoms with Crippen LogP contribution in [0.5, 0.6) is 5.75 Å². The smallest absolute Gasteiger partial charge is 0.128 e. The van der Waals surface area contributed by atoms with Crippen LogP contribution in [0.3, 0.4) is 0 Å². The Bertz CT molecular complexity index is 536. The molecule has 0 saturated carbocycles. The van der Waals surface area contributed by atoms with Gasteiger partial charge in [-0.1, -0.05) is 43.0 Å². The van der Waals surface area contributed by atoms with Crippen molar-refractivity contribution >= 4 is 11.8 Å². The Kier molecular flexibility index (Phi) is 6.38. The molecule has 0 aliphatic rings. The van der Waals surface area contributed by atoms with Gasteiger partial charge in [0, 0.05) is 31.4 Å². The van der Waals surface area contributed by atoms with Crippen LogP contribution < -0.4 is 9.64 Å². The molecule has 0 bridgehead atoms. The molecule has 1 aromatic carbocycles. The lowest BCUT2D eigenvalue weighted by Crippen LogP contribution is -2.08. The Hall–Kier alpha value is -2.22. The lowest BCUT2D eigenvalue weighted by molar-refractivity contribution is 0.414. The molecule has 0 aromatic heterocycles. The molecule has 0 aliphatic carbocycles. The van der Waals surface area contributed by atoms with E-state index in [2.05, 4.69) is 29.7 Å². The summed E-state index contributed by atoms with van der Waals surface area (Å²) in [5.74, 6) is 0.867. The minimum atomic E-state index is 0.867. The van der Waals surface area contributed by atoms with Crippen molar-refractivity contribution in [2.45, 2.75) is 6.92 Å². The maximum absolute atomic E-state index is 5.45. The fourth-order valence-corrected chi connectivity index (χ4v) is 1.80. The van der Waals surface area contributed by atoms with Crippen molar-refractivity contribution in [1.82, 2.24) is 0 Å². The zero-order chi connectivity index (χ0) is 15.0. The lowest BCUT2D eigenvalue weighted by Gasteiger charge is -2.14. The van der Waals surface area contributed by atoms with E-state index in [0.717, 1.165) is 22.6 Å². The van der Waals surface area contributed by atoms with E-state index in [4.69, 9.17) is 4.74 Å². The van der Waals surface area contributed by atoms with Gasteiger partial charge in [-0.2, -0.15) is 0 Å². The Balaban J connectivity index is 3.08. The fourth-order valence-electron chi connectivity index (χ4n) is 1.80. The molecule has 0 N–H and O–H groups in total. The highest BCUT2D eigenvalue weighted by molar-refractivity contribution is 5.65. The predicted molar refractivity (Wildman–Crippen MR) is 89.4 cm³/mol. The first-order valence-corrected chi connectivity index (χ1v) is 6.61. The molecule has 0 amide bonds. The van der Waals surface area contributed by atoms with E-state index in [1.54, 1.807) is 13.2 Å². The minimum Gasteiger partial charge on any atom is -0.496 e. The van der Waals surface area contributed by atoms with Gasteiger partial charge in [-0.15, -0.1) is 0 Å². The van der Waals surface area contributed by atoms with E-state index in [0.29, 0.717) is 0 Å². The average Bonchev–Trinajstić information content (AvgIpc) is 2.45. The van der Waals surface area contributed by atoms with Gasteiger partial charge in [0.05, 0.1) is 7.11 Å². The lowest BCUT2D eigenvalue weighted by atomic mass is 10.1. The number of ether oxygens (including phenoxy) is 1. The standard InChI is InChI=1S/C18H23NO/c1-6-8-15(9-7-2)10-11-16-12-13-17(19(3)4)14-18(16)20-5/h6-14H,1H2,2-5H3/b9-7-,11-10+,15-8+. The first-order chi connectivity index (χ1) is 9.62. The van der Waals surface area contributed by atoms with Crippen molar-refractivity contribution in [2.75, 3.05) is 26.1 Å². The number of benzene rings is 1. The van der Waals surface area contributed by atoms with Crippen molar-refractivity contribution in [3.63, 3.8) is 0 Å². The SMILES string of the molecule is C=C/C=C(\C=C/C)/C=C/c1ccc(N(C)C)cc1OC. The van der Waals surface area contributed by atoms with E-state index >= 15 is 0 Å². The molecule has 1 aromatic rings. The van der Waals surface area contributed by atoms with Crippen molar-refractivity contribution in [1.29, 1.82) is 0 Å². The maximum Gasteiger partial charge on any atom is 0.128 e. The van der Waals surface area contributed by atoms with Gasteiger partial charge in [0.25, 0.3) is 0 Å². The zero-order valence-electron chi connectivity index (χ0n) is 12.8. The van der Waals surface area contributed by atoms with E-state index < -0.39 is 0 Å². The summed E-state index contributed by atoms with van der Waals surface area (Å²) >= 11 is 0. The second kappa shape index (κ2) is 8.05. The molecular weight excluding hydrogens is 246 g/mol. The summed E-state index contributed by atoms with van der Waals surface area (Å²) in [6.45, 7) is 5.73. The van der Waals surface area contributed by atoms with Crippen LogP contribution in [-0.2, 0) is 0 Å². The Morgan fingerprint density at radius 1 is 1.25 bits per heavy atom. The predicted octanol–water partition coefficient (Wildman–Crippen LogP) is 4.46. The van der Waals surface area contributed by atoms with E-state index in [1.165, 1.54) is 0 Å². The van der Waals surface area contributed by atoms with Crippen LogP contribution in [0.4, 0.5) is 5.69 Å². The molecule has 0 radical (unpaired) electrons. The summed E-state index contributed by atoms with van der Waals surface area (Å²) in [6, 6.07) is 6.17. The number of methoxy groups -OCH3 is 1. The molecule has 106 valence electrons. The number of allylic oxidation sites excluding steroid dienone is 6. The summed E-state index contributed by atoms with van der Waals surface area (Å²) in [7, 11) is 5.72.